The summed E-state index contributed by atoms with van der Waals surface area (Å²) in [5.41, 5.74) is 1.74. The van der Waals surface area contributed by atoms with Crippen molar-refractivity contribution in [3.05, 3.63) is 46.6 Å². The van der Waals surface area contributed by atoms with Gasteiger partial charge in [0.1, 0.15) is 0 Å². The van der Waals surface area contributed by atoms with Crippen molar-refractivity contribution in [3.63, 3.8) is 0 Å². The number of carbonyl (C=O) groups is 1. The van der Waals surface area contributed by atoms with Gasteiger partial charge in [0.2, 0.25) is 0 Å². The number of piperazine rings is 1. The van der Waals surface area contributed by atoms with Gasteiger partial charge in [-0.3, -0.25) is 4.79 Å². The van der Waals surface area contributed by atoms with Crippen LogP contribution in [0.1, 0.15) is 10.4 Å². The number of benzene rings is 1. The van der Waals surface area contributed by atoms with Crippen LogP contribution in [0.15, 0.2) is 41.0 Å². The SMILES string of the molecule is CN(C)c1cnnc(N2CCN(C(=O)c3cccc(Br)c3)CC2)c1. The van der Waals surface area contributed by atoms with Crippen molar-refractivity contribution in [2.75, 3.05) is 50.1 Å². The standard InChI is InChI=1S/C17H20BrN5O/c1-21(2)15-11-16(20-19-12-15)22-6-8-23(9-7-22)17(24)13-4-3-5-14(18)10-13/h3-5,10-12H,6-9H2,1-2H3. The van der Waals surface area contributed by atoms with Crippen molar-refractivity contribution in [1.29, 1.82) is 0 Å². The first-order chi connectivity index (χ1) is 11.5. The van der Waals surface area contributed by atoms with E-state index in [4.69, 9.17) is 0 Å². The van der Waals surface area contributed by atoms with E-state index >= 15 is 0 Å². The van der Waals surface area contributed by atoms with Gasteiger partial charge in [0.05, 0.1) is 11.9 Å². The minimum atomic E-state index is 0.0732. The number of rotatable bonds is 3. The highest BCUT2D eigenvalue weighted by molar-refractivity contribution is 9.10. The van der Waals surface area contributed by atoms with Crippen molar-refractivity contribution < 1.29 is 4.79 Å². The van der Waals surface area contributed by atoms with Gasteiger partial charge in [-0.05, 0) is 18.2 Å². The van der Waals surface area contributed by atoms with Crippen LogP contribution in [-0.2, 0) is 0 Å². The Hall–Kier alpha value is -2.15. The third-order valence-corrected chi connectivity index (χ3v) is 4.60. The molecule has 1 aliphatic rings. The average molecular weight is 390 g/mol. The second-order valence-corrected chi connectivity index (χ2v) is 6.87. The summed E-state index contributed by atoms with van der Waals surface area (Å²) in [6.45, 7) is 2.87. The van der Waals surface area contributed by atoms with Crippen molar-refractivity contribution in [1.82, 2.24) is 15.1 Å². The Balaban J connectivity index is 1.65. The van der Waals surface area contributed by atoms with Gasteiger partial charge >= 0.3 is 0 Å². The summed E-state index contributed by atoms with van der Waals surface area (Å²) in [7, 11) is 3.96. The number of halogens is 1. The number of amides is 1. The molecule has 126 valence electrons. The molecule has 0 spiro atoms. The first-order valence-electron chi connectivity index (χ1n) is 7.84. The number of nitrogens with zero attached hydrogens (tertiary/aromatic N) is 5. The van der Waals surface area contributed by atoms with Gasteiger partial charge in [-0.25, -0.2) is 0 Å². The number of aromatic nitrogens is 2. The van der Waals surface area contributed by atoms with Gasteiger partial charge in [-0.1, -0.05) is 22.0 Å². The van der Waals surface area contributed by atoms with Gasteiger partial charge < -0.3 is 14.7 Å². The van der Waals surface area contributed by atoms with Crippen LogP contribution >= 0.6 is 15.9 Å². The predicted molar refractivity (Wildman–Crippen MR) is 98.6 cm³/mol. The molecule has 0 aliphatic carbocycles. The summed E-state index contributed by atoms with van der Waals surface area (Å²) in [6, 6.07) is 9.55. The molecule has 2 heterocycles. The molecule has 2 aromatic rings. The Labute approximate surface area is 150 Å². The van der Waals surface area contributed by atoms with Crippen molar-refractivity contribution >= 4 is 33.3 Å². The largest absolute Gasteiger partial charge is 0.376 e. The zero-order valence-electron chi connectivity index (χ0n) is 13.8. The molecule has 0 unspecified atom stereocenters. The van der Waals surface area contributed by atoms with Gasteiger partial charge in [0.15, 0.2) is 5.82 Å². The van der Waals surface area contributed by atoms with Crippen LogP contribution in [0.25, 0.3) is 0 Å². The second kappa shape index (κ2) is 7.17. The molecule has 7 heteroatoms. The Kier molecular flexibility index (Phi) is 4.99. The molecule has 0 bridgehead atoms. The summed E-state index contributed by atoms with van der Waals surface area (Å²) >= 11 is 3.41. The lowest BCUT2D eigenvalue weighted by Gasteiger charge is -2.35. The first kappa shape index (κ1) is 16.7. The molecular weight excluding hydrogens is 370 g/mol. The van der Waals surface area contributed by atoms with Crippen LogP contribution in [-0.4, -0.2) is 61.3 Å². The van der Waals surface area contributed by atoms with E-state index in [0.29, 0.717) is 18.7 Å². The van der Waals surface area contributed by atoms with E-state index in [1.807, 2.05) is 54.2 Å². The van der Waals surface area contributed by atoms with Crippen molar-refractivity contribution in [3.8, 4) is 0 Å². The highest BCUT2D eigenvalue weighted by Gasteiger charge is 2.23. The molecule has 1 aromatic carbocycles. The quantitative estimate of drug-likeness (QED) is 0.805. The van der Waals surface area contributed by atoms with Crippen LogP contribution in [0.3, 0.4) is 0 Å². The van der Waals surface area contributed by atoms with Crippen LogP contribution < -0.4 is 9.80 Å². The van der Waals surface area contributed by atoms with E-state index in [2.05, 4.69) is 31.0 Å². The van der Waals surface area contributed by atoms with Gasteiger partial charge in [-0.15, -0.1) is 5.10 Å². The van der Waals surface area contributed by atoms with Gasteiger partial charge in [0.25, 0.3) is 5.91 Å². The molecule has 1 amide bonds. The molecule has 0 atom stereocenters. The number of hydrogen-bond acceptors (Lipinski definition) is 5. The average Bonchev–Trinajstić information content (AvgIpc) is 2.61. The molecule has 1 fully saturated rings. The van der Waals surface area contributed by atoms with E-state index in [-0.39, 0.29) is 5.91 Å². The number of carbonyl (C=O) groups excluding carboxylic acids is 1. The molecule has 1 aliphatic heterocycles. The molecule has 24 heavy (non-hydrogen) atoms. The topological polar surface area (TPSA) is 52.6 Å². The molecule has 1 aromatic heterocycles. The minimum Gasteiger partial charge on any atom is -0.376 e. The lowest BCUT2D eigenvalue weighted by molar-refractivity contribution is 0.0746. The third-order valence-electron chi connectivity index (χ3n) is 4.11. The Bertz CT molecular complexity index is 728. The van der Waals surface area contributed by atoms with Crippen LogP contribution in [0, 0.1) is 0 Å². The lowest BCUT2D eigenvalue weighted by Crippen LogP contribution is -2.49. The zero-order valence-corrected chi connectivity index (χ0v) is 15.4. The summed E-state index contributed by atoms with van der Waals surface area (Å²) in [6.07, 6.45) is 1.75. The summed E-state index contributed by atoms with van der Waals surface area (Å²) in [5, 5.41) is 8.30. The number of anilines is 2. The zero-order chi connectivity index (χ0) is 17.1. The summed E-state index contributed by atoms with van der Waals surface area (Å²) in [5.74, 6) is 0.930. The van der Waals surface area contributed by atoms with Crippen LogP contribution in [0.4, 0.5) is 11.5 Å². The van der Waals surface area contributed by atoms with E-state index in [1.54, 1.807) is 6.20 Å². The van der Waals surface area contributed by atoms with E-state index < -0.39 is 0 Å². The van der Waals surface area contributed by atoms with Crippen LogP contribution in [0.5, 0.6) is 0 Å². The Morgan fingerprint density at radius 1 is 1.17 bits per heavy atom. The van der Waals surface area contributed by atoms with Gasteiger partial charge in [0, 0.05) is 56.4 Å². The lowest BCUT2D eigenvalue weighted by atomic mass is 10.2. The molecular formula is C17H20BrN5O. The predicted octanol–water partition coefficient (Wildman–Crippen LogP) is 2.27. The molecule has 1 saturated heterocycles. The van der Waals surface area contributed by atoms with E-state index in [9.17, 15) is 4.79 Å². The maximum Gasteiger partial charge on any atom is 0.254 e. The smallest absolute Gasteiger partial charge is 0.254 e. The van der Waals surface area contributed by atoms with Crippen molar-refractivity contribution in [2.24, 2.45) is 0 Å². The fraction of sp³-hybridized carbons (Fsp3) is 0.353. The Morgan fingerprint density at radius 3 is 2.58 bits per heavy atom. The fourth-order valence-corrected chi connectivity index (χ4v) is 3.09. The minimum absolute atomic E-state index is 0.0732. The van der Waals surface area contributed by atoms with Crippen molar-refractivity contribution in [2.45, 2.75) is 0 Å². The highest BCUT2D eigenvalue weighted by Crippen LogP contribution is 2.20. The molecule has 6 nitrogen and oxygen atoms in total. The maximum atomic E-state index is 12.6. The highest BCUT2D eigenvalue weighted by atomic mass is 79.9. The first-order valence-corrected chi connectivity index (χ1v) is 8.64. The second-order valence-electron chi connectivity index (χ2n) is 5.96. The number of hydrogen-bond donors (Lipinski definition) is 0. The van der Waals surface area contributed by atoms with Gasteiger partial charge in [-0.2, -0.15) is 5.10 Å². The summed E-state index contributed by atoms with van der Waals surface area (Å²) < 4.78 is 0.919. The summed E-state index contributed by atoms with van der Waals surface area (Å²) in [4.78, 5) is 18.7. The maximum absolute atomic E-state index is 12.6. The normalized spacial score (nSPS) is 14.6. The Morgan fingerprint density at radius 2 is 1.92 bits per heavy atom. The molecule has 0 N–H and O–H groups in total. The molecule has 0 saturated carbocycles. The molecule has 0 radical (unpaired) electrons. The van der Waals surface area contributed by atoms with Crippen LogP contribution in [0.2, 0.25) is 0 Å². The van der Waals surface area contributed by atoms with E-state index in [0.717, 1.165) is 29.1 Å². The van der Waals surface area contributed by atoms with E-state index in [1.165, 1.54) is 0 Å². The fourth-order valence-electron chi connectivity index (χ4n) is 2.69. The third kappa shape index (κ3) is 3.67. The monoisotopic (exact) mass is 389 g/mol. The molecule has 3 rings (SSSR count).